The molecule has 0 saturated carbocycles. The van der Waals surface area contributed by atoms with Crippen molar-refractivity contribution < 1.29 is 70.5 Å². The van der Waals surface area contributed by atoms with Crippen molar-refractivity contribution in [2.75, 3.05) is 33.5 Å². The largest absolute Gasteiger partial charge is 0.726 e. The fraction of sp³-hybridized carbons (Fsp3) is 0.533. The van der Waals surface area contributed by atoms with Gasteiger partial charge < -0.3 is 27.9 Å². The molecular formula is C15H19O16S3-3. The van der Waals surface area contributed by atoms with E-state index in [1.807, 2.05) is 0 Å². The van der Waals surface area contributed by atoms with Crippen molar-refractivity contribution in [3.05, 3.63) is 23.8 Å². The molecule has 0 aliphatic carbocycles. The van der Waals surface area contributed by atoms with Gasteiger partial charge in [0.15, 0.2) is 0 Å². The van der Waals surface area contributed by atoms with Crippen LogP contribution in [0.2, 0.25) is 0 Å². The molecule has 1 aromatic rings. The Morgan fingerprint density at radius 3 is 2.03 bits per heavy atom. The molecule has 34 heavy (non-hydrogen) atoms. The van der Waals surface area contributed by atoms with Crippen molar-refractivity contribution in [2.45, 2.75) is 18.9 Å². The smallest absolute Gasteiger partial charge is 0.341 e. The molecule has 196 valence electrons. The van der Waals surface area contributed by atoms with Crippen molar-refractivity contribution in [1.82, 2.24) is 0 Å². The molecule has 0 amide bonds. The molecule has 19 heteroatoms. The van der Waals surface area contributed by atoms with Crippen LogP contribution in [-0.4, -0.2) is 84.5 Å². The Bertz CT molecular complexity index is 1130. The van der Waals surface area contributed by atoms with Gasteiger partial charge >= 0.3 is 5.97 Å². The van der Waals surface area contributed by atoms with E-state index in [1.54, 1.807) is 0 Å². The van der Waals surface area contributed by atoms with Crippen LogP contribution in [0.3, 0.4) is 0 Å². The van der Waals surface area contributed by atoms with Gasteiger partial charge in [0.1, 0.15) is 29.8 Å². The van der Waals surface area contributed by atoms with E-state index in [0.717, 1.165) is 13.2 Å². The summed E-state index contributed by atoms with van der Waals surface area (Å²) in [5.74, 6) is -0.937. The average Bonchev–Trinajstić information content (AvgIpc) is 2.70. The molecule has 0 heterocycles. The third-order valence-electron chi connectivity index (χ3n) is 3.47. The Morgan fingerprint density at radius 2 is 1.47 bits per heavy atom. The summed E-state index contributed by atoms with van der Waals surface area (Å²) in [6.07, 6.45) is -1.41. The fourth-order valence-corrected chi connectivity index (χ4v) is 3.25. The lowest BCUT2D eigenvalue weighted by molar-refractivity contribution is 0.0593. The molecule has 0 aliphatic heterocycles. The van der Waals surface area contributed by atoms with Crippen LogP contribution in [0.15, 0.2) is 18.2 Å². The number of carbonyl (C=O) groups is 1. The zero-order valence-electron chi connectivity index (χ0n) is 17.3. The summed E-state index contributed by atoms with van der Waals surface area (Å²) in [4.78, 5) is 12.0. The molecule has 0 unspecified atom stereocenters. The normalized spacial score (nSPS) is 13.3. The molecule has 0 fully saturated rings. The quantitative estimate of drug-likeness (QED) is 0.101. The summed E-state index contributed by atoms with van der Waals surface area (Å²) in [5.41, 5.74) is -0.148. The van der Waals surface area contributed by atoms with Crippen LogP contribution in [0.1, 0.15) is 23.2 Å². The first-order valence-corrected chi connectivity index (χ1v) is 12.9. The van der Waals surface area contributed by atoms with Crippen LogP contribution >= 0.6 is 0 Å². The highest BCUT2D eigenvalue weighted by Crippen LogP contribution is 2.26. The van der Waals surface area contributed by atoms with Gasteiger partial charge in [-0.2, -0.15) is 0 Å². The van der Waals surface area contributed by atoms with Crippen molar-refractivity contribution in [1.29, 1.82) is 0 Å². The van der Waals surface area contributed by atoms with Gasteiger partial charge in [-0.3, -0.25) is 12.5 Å². The van der Waals surface area contributed by atoms with E-state index >= 15 is 0 Å². The van der Waals surface area contributed by atoms with Gasteiger partial charge in [-0.25, -0.2) is 30.0 Å². The number of esters is 1. The molecule has 0 N–H and O–H groups in total. The number of carbonyl (C=O) groups excluding carboxylic acids is 1. The minimum Gasteiger partial charge on any atom is -0.726 e. The van der Waals surface area contributed by atoms with Gasteiger partial charge in [0, 0.05) is 0 Å². The summed E-state index contributed by atoms with van der Waals surface area (Å²) in [6, 6.07) is 3.63. The van der Waals surface area contributed by atoms with E-state index in [4.69, 9.17) is 9.47 Å². The minimum atomic E-state index is -5.31. The molecule has 1 atom stereocenters. The third kappa shape index (κ3) is 13.6. The Morgan fingerprint density at radius 1 is 0.853 bits per heavy atom. The van der Waals surface area contributed by atoms with Crippen LogP contribution in [0.4, 0.5) is 0 Å². The monoisotopic (exact) mass is 551 g/mol. The predicted molar refractivity (Wildman–Crippen MR) is 104 cm³/mol. The van der Waals surface area contributed by atoms with Crippen LogP contribution in [0.5, 0.6) is 11.5 Å². The number of methoxy groups -OCH3 is 1. The topological polar surface area (TPSA) is 244 Å². The summed E-state index contributed by atoms with van der Waals surface area (Å²) in [6.45, 7) is -2.29. The molecule has 0 spiro atoms. The lowest BCUT2D eigenvalue weighted by Gasteiger charge is -2.20. The highest BCUT2D eigenvalue weighted by atomic mass is 32.3. The van der Waals surface area contributed by atoms with Crippen molar-refractivity contribution in [2.24, 2.45) is 0 Å². The van der Waals surface area contributed by atoms with Gasteiger partial charge in [0.05, 0.1) is 26.9 Å². The molecular weight excluding hydrogens is 532 g/mol. The van der Waals surface area contributed by atoms with E-state index in [0.29, 0.717) is 0 Å². The highest BCUT2D eigenvalue weighted by molar-refractivity contribution is 7.81. The van der Waals surface area contributed by atoms with Crippen LogP contribution < -0.4 is 9.47 Å². The summed E-state index contributed by atoms with van der Waals surface area (Å²) < 4.78 is 122. The number of unbranched alkanes of at least 4 members (excludes halogenated alkanes) is 1. The first kappa shape index (κ1) is 29.9. The van der Waals surface area contributed by atoms with Gasteiger partial charge in [-0.1, -0.05) is 0 Å². The second-order valence-electron chi connectivity index (χ2n) is 6.07. The van der Waals surface area contributed by atoms with Gasteiger partial charge in [0.2, 0.25) is 31.2 Å². The Hall–Kier alpha value is -2.10. The molecule has 0 bridgehead atoms. The maximum absolute atomic E-state index is 12.0. The van der Waals surface area contributed by atoms with Crippen molar-refractivity contribution in [3.63, 3.8) is 0 Å². The Kier molecular flexibility index (Phi) is 11.5. The standard InChI is InChI=1S/C15H22O16S3/c1-26-15(16)13-8-11(4-5-14(13)27-6-2-3-7-29-32(17,18)19)28-9-12(31-34(23,24)25)10-30-33(20,21)22/h4-5,8,12H,2-3,6-7,9-10H2,1H3,(H,17,18,19)(H,20,21,22)(H,23,24,25)/p-3/t12-/m1/s1. The lowest BCUT2D eigenvalue weighted by Crippen LogP contribution is -2.31. The SMILES string of the molecule is COC(=O)c1cc(OC[C@H](COS(=O)(=O)[O-])OS(=O)(=O)[O-])ccc1OCCCCOS(=O)(=O)[O-]. The van der Waals surface area contributed by atoms with Gasteiger partial charge in [-0.05, 0) is 31.0 Å². The molecule has 1 rings (SSSR count). The van der Waals surface area contributed by atoms with Gasteiger partial charge in [-0.15, -0.1) is 0 Å². The second-order valence-corrected chi connectivity index (χ2v) is 9.18. The van der Waals surface area contributed by atoms with Crippen molar-refractivity contribution in [3.8, 4) is 11.5 Å². The lowest BCUT2D eigenvalue weighted by atomic mass is 10.2. The van der Waals surface area contributed by atoms with Crippen LogP contribution in [0.25, 0.3) is 0 Å². The zero-order valence-corrected chi connectivity index (χ0v) is 19.8. The first-order valence-electron chi connectivity index (χ1n) is 8.92. The third-order valence-corrected chi connectivity index (χ3v) is 4.86. The predicted octanol–water partition coefficient (Wildman–Crippen LogP) is -1.19. The molecule has 16 nitrogen and oxygen atoms in total. The second kappa shape index (κ2) is 13.1. The van der Waals surface area contributed by atoms with E-state index in [-0.39, 0.29) is 43.1 Å². The maximum atomic E-state index is 12.0. The van der Waals surface area contributed by atoms with E-state index in [2.05, 4.69) is 17.3 Å². The first-order chi connectivity index (χ1) is 15.6. The summed E-state index contributed by atoms with van der Waals surface area (Å²) >= 11 is 0. The van der Waals surface area contributed by atoms with E-state index in [9.17, 15) is 43.7 Å². The van der Waals surface area contributed by atoms with E-state index in [1.165, 1.54) is 12.1 Å². The zero-order chi connectivity index (χ0) is 26.0. The summed E-state index contributed by atoms with van der Waals surface area (Å²) in [5, 5.41) is 0. The molecule has 0 radical (unpaired) electrons. The Balaban J connectivity index is 2.82. The number of hydrogen-bond acceptors (Lipinski definition) is 16. The van der Waals surface area contributed by atoms with E-state index < -0.39 is 56.5 Å². The van der Waals surface area contributed by atoms with Crippen LogP contribution in [-0.2, 0) is 48.5 Å². The average molecular weight is 552 g/mol. The fourth-order valence-electron chi connectivity index (χ4n) is 2.16. The number of hydrogen-bond donors (Lipinski definition) is 0. The van der Waals surface area contributed by atoms with Gasteiger partial charge in [0.25, 0.3) is 0 Å². The number of rotatable bonds is 16. The molecule has 0 aromatic heterocycles. The molecule has 1 aromatic carbocycles. The minimum absolute atomic E-state index is 0.00918. The van der Waals surface area contributed by atoms with Crippen LogP contribution in [0, 0.1) is 0 Å². The van der Waals surface area contributed by atoms with Crippen molar-refractivity contribution >= 4 is 37.2 Å². The highest BCUT2D eigenvalue weighted by Gasteiger charge is 2.19. The molecule has 0 saturated heterocycles. The molecule has 0 aliphatic rings. The number of benzene rings is 1. The number of ether oxygens (including phenoxy) is 3. The summed E-state index contributed by atoms with van der Waals surface area (Å²) in [7, 11) is -14.3. The maximum Gasteiger partial charge on any atom is 0.341 e. The Labute approximate surface area is 195 Å².